The summed E-state index contributed by atoms with van der Waals surface area (Å²) in [4.78, 5) is 14.8. The number of carbonyl (C=O) groups is 1. The number of halogens is 1. The fourth-order valence-corrected chi connectivity index (χ4v) is 3.70. The first-order valence-electron chi connectivity index (χ1n) is 6.55. The SMILES string of the molecule is CCS(=O)(=O)N1CCC(NC(=O)c2cc(Br)c[nH]2)CC1. The molecule has 0 atom stereocenters. The van der Waals surface area contributed by atoms with Crippen LogP contribution in [0.2, 0.25) is 0 Å². The molecule has 1 aromatic rings. The van der Waals surface area contributed by atoms with E-state index in [2.05, 4.69) is 26.2 Å². The average Bonchev–Trinajstić information content (AvgIpc) is 2.86. The predicted molar refractivity (Wildman–Crippen MR) is 80.0 cm³/mol. The summed E-state index contributed by atoms with van der Waals surface area (Å²) in [7, 11) is -3.11. The number of sulfonamides is 1. The summed E-state index contributed by atoms with van der Waals surface area (Å²) in [6, 6.07) is 1.74. The molecule has 0 unspecified atom stereocenters. The first kappa shape index (κ1) is 15.5. The minimum absolute atomic E-state index is 0.0212. The molecule has 8 heteroatoms. The normalized spacial score (nSPS) is 18.1. The second-order valence-electron chi connectivity index (χ2n) is 4.78. The van der Waals surface area contributed by atoms with Crippen LogP contribution in [0.5, 0.6) is 0 Å². The summed E-state index contributed by atoms with van der Waals surface area (Å²) < 4.78 is 25.8. The summed E-state index contributed by atoms with van der Waals surface area (Å²) in [5, 5.41) is 2.93. The number of piperidine rings is 1. The van der Waals surface area contributed by atoms with Gasteiger partial charge in [-0.25, -0.2) is 12.7 Å². The molecule has 1 aliphatic rings. The van der Waals surface area contributed by atoms with E-state index in [-0.39, 0.29) is 17.7 Å². The Morgan fingerprint density at radius 2 is 2.15 bits per heavy atom. The van der Waals surface area contributed by atoms with Crippen LogP contribution in [0.15, 0.2) is 16.7 Å². The number of aromatic amines is 1. The van der Waals surface area contributed by atoms with Crippen molar-refractivity contribution in [3.05, 3.63) is 22.4 Å². The predicted octanol–water partition coefficient (Wildman–Crippen LogP) is 1.32. The lowest BCUT2D eigenvalue weighted by molar-refractivity contribution is 0.0919. The molecule has 0 spiro atoms. The highest BCUT2D eigenvalue weighted by atomic mass is 79.9. The molecule has 112 valence electrons. The molecule has 1 fully saturated rings. The van der Waals surface area contributed by atoms with Crippen molar-refractivity contribution in [1.82, 2.24) is 14.6 Å². The highest BCUT2D eigenvalue weighted by molar-refractivity contribution is 9.10. The molecule has 0 aliphatic carbocycles. The van der Waals surface area contributed by atoms with Crippen molar-refractivity contribution in [1.29, 1.82) is 0 Å². The third-order valence-electron chi connectivity index (χ3n) is 3.44. The van der Waals surface area contributed by atoms with E-state index in [0.717, 1.165) is 4.47 Å². The summed E-state index contributed by atoms with van der Waals surface area (Å²) in [6.45, 7) is 2.58. The Bertz CT molecular complexity index is 577. The molecule has 0 saturated carbocycles. The van der Waals surface area contributed by atoms with Crippen molar-refractivity contribution in [3.8, 4) is 0 Å². The fraction of sp³-hybridized carbons (Fsp3) is 0.583. The van der Waals surface area contributed by atoms with E-state index >= 15 is 0 Å². The van der Waals surface area contributed by atoms with Crippen LogP contribution in [-0.4, -0.2) is 48.5 Å². The summed E-state index contributed by atoms with van der Waals surface area (Å²) in [5.41, 5.74) is 0.500. The van der Waals surface area contributed by atoms with Gasteiger partial charge in [0.15, 0.2) is 0 Å². The first-order chi connectivity index (χ1) is 9.42. The van der Waals surface area contributed by atoms with Gasteiger partial charge < -0.3 is 10.3 Å². The summed E-state index contributed by atoms with van der Waals surface area (Å²) in [5.74, 6) is -0.0342. The van der Waals surface area contributed by atoms with E-state index in [1.54, 1.807) is 19.2 Å². The van der Waals surface area contributed by atoms with E-state index in [9.17, 15) is 13.2 Å². The lowest BCUT2D eigenvalue weighted by Gasteiger charge is -2.31. The number of nitrogens with zero attached hydrogens (tertiary/aromatic N) is 1. The third kappa shape index (κ3) is 3.62. The maximum atomic E-state index is 12.0. The largest absolute Gasteiger partial charge is 0.356 e. The number of hydrogen-bond acceptors (Lipinski definition) is 3. The Kier molecular flexibility index (Phi) is 4.87. The lowest BCUT2D eigenvalue weighted by Crippen LogP contribution is -2.46. The average molecular weight is 364 g/mol. The standard InChI is InChI=1S/C12H18BrN3O3S/c1-2-20(18,19)16-5-3-10(4-6-16)15-12(17)11-7-9(13)8-14-11/h7-8,10,14H,2-6H2,1H3,(H,15,17). The number of hydrogen-bond donors (Lipinski definition) is 2. The molecule has 0 aromatic carbocycles. The van der Waals surface area contributed by atoms with Crippen molar-refractivity contribution < 1.29 is 13.2 Å². The van der Waals surface area contributed by atoms with Crippen LogP contribution in [0.4, 0.5) is 0 Å². The van der Waals surface area contributed by atoms with Gasteiger partial charge >= 0.3 is 0 Å². The topological polar surface area (TPSA) is 82.3 Å². The Labute approximate surface area is 127 Å². The quantitative estimate of drug-likeness (QED) is 0.846. The highest BCUT2D eigenvalue weighted by Crippen LogP contribution is 2.16. The smallest absolute Gasteiger partial charge is 0.267 e. The van der Waals surface area contributed by atoms with Crippen LogP contribution >= 0.6 is 15.9 Å². The van der Waals surface area contributed by atoms with Gasteiger partial charge in [-0.3, -0.25) is 4.79 Å². The maximum absolute atomic E-state index is 12.0. The molecule has 2 heterocycles. The molecule has 1 aromatic heterocycles. The lowest BCUT2D eigenvalue weighted by atomic mass is 10.1. The summed E-state index contributed by atoms with van der Waals surface area (Å²) >= 11 is 3.28. The van der Waals surface area contributed by atoms with Gasteiger partial charge in [-0.05, 0) is 41.8 Å². The number of carbonyl (C=O) groups excluding carboxylic acids is 1. The van der Waals surface area contributed by atoms with Gasteiger partial charge in [-0.2, -0.15) is 0 Å². The molecule has 2 rings (SSSR count). The molecular formula is C12H18BrN3O3S. The molecule has 20 heavy (non-hydrogen) atoms. The molecular weight excluding hydrogens is 346 g/mol. The van der Waals surface area contributed by atoms with Crippen LogP contribution in [0.3, 0.4) is 0 Å². The van der Waals surface area contributed by atoms with Crippen LogP contribution in [0, 0.1) is 0 Å². The van der Waals surface area contributed by atoms with Gasteiger partial charge in [-0.15, -0.1) is 0 Å². The molecule has 0 bridgehead atoms. The van der Waals surface area contributed by atoms with Crippen LogP contribution in [0.1, 0.15) is 30.3 Å². The van der Waals surface area contributed by atoms with Crippen LogP contribution < -0.4 is 5.32 Å². The Balaban J connectivity index is 1.87. The minimum Gasteiger partial charge on any atom is -0.356 e. The van der Waals surface area contributed by atoms with Crippen molar-refractivity contribution in [2.45, 2.75) is 25.8 Å². The number of aromatic nitrogens is 1. The first-order valence-corrected chi connectivity index (χ1v) is 8.95. The van der Waals surface area contributed by atoms with Gasteiger partial charge in [0, 0.05) is 29.8 Å². The monoisotopic (exact) mass is 363 g/mol. The number of H-pyrrole nitrogens is 1. The fourth-order valence-electron chi connectivity index (χ4n) is 2.22. The summed E-state index contributed by atoms with van der Waals surface area (Å²) in [6.07, 6.45) is 2.99. The van der Waals surface area contributed by atoms with Crippen LogP contribution in [0.25, 0.3) is 0 Å². The number of rotatable bonds is 4. The molecule has 1 saturated heterocycles. The molecule has 6 nitrogen and oxygen atoms in total. The van der Waals surface area contributed by atoms with Gasteiger partial charge in [0.25, 0.3) is 5.91 Å². The van der Waals surface area contributed by atoms with E-state index in [1.807, 2.05) is 0 Å². The Morgan fingerprint density at radius 3 is 2.65 bits per heavy atom. The van der Waals surface area contributed by atoms with Crippen molar-refractivity contribution in [2.75, 3.05) is 18.8 Å². The van der Waals surface area contributed by atoms with E-state index in [4.69, 9.17) is 0 Å². The maximum Gasteiger partial charge on any atom is 0.267 e. The van der Waals surface area contributed by atoms with E-state index in [1.165, 1.54) is 4.31 Å². The molecule has 1 aliphatic heterocycles. The number of nitrogens with one attached hydrogen (secondary N) is 2. The van der Waals surface area contributed by atoms with Gasteiger partial charge in [0.2, 0.25) is 10.0 Å². The Hall–Kier alpha value is -0.860. The van der Waals surface area contributed by atoms with Gasteiger partial charge in [0.1, 0.15) is 5.69 Å². The van der Waals surface area contributed by atoms with Gasteiger partial charge in [-0.1, -0.05) is 0 Å². The second kappa shape index (κ2) is 6.28. The van der Waals surface area contributed by atoms with E-state index in [0.29, 0.717) is 31.6 Å². The molecule has 0 radical (unpaired) electrons. The second-order valence-corrected chi connectivity index (χ2v) is 7.95. The zero-order valence-corrected chi connectivity index (χ0v) is 13.6. The van der Waals surface area contributed by atoms with Crippen molar-refractivity contribution >= 4 is 31.9 Å². The Morgan fingerprint density at radius 1 is 1.50 bits per heavy atom. The molecule has 2 N–H and O–H groups in total. The van der Waals surface area contributed by atoms with Crippen molar-refractivity contribution in [2.24, 2.45) is 0 Å². The number of amides is 1. The van der Waals surface area contributed by atoms with Crippen LogP contribution in [-0.2, 0) is 10.0 Å². The third-order valence-corrected chi connectivity index (χ3v) is 5.78. The highest BCUT2D eigenvalue weighted by Gasteiger charge is 2.27. The van der Waals surface area contributed by atoms with E-state index < -0.39 is 10.0 Å². The van der Waals surface area contributed by atoms with Gasteiger partial charge in [0.05, 0.1) is 5.75 Å². The minimum atomic E-state index is -3.11. The zero-order chi connectivity index (χ0) is 14.8. The zero-order valence-electron chi connectivity index (χ0n) is 11.2. The van der Waals surface area contributed by atoms with Crippen molar-refractivity contribution in [3.63, 3.8) is 0 Å². The molecule has 1 amide bonds.